The summed E-state index contributed by atoms with van der Waals surface area (Å²) in [4.78, 5) is 16.9. The fourth-order valence-corrected chi connectivity index (χ4v) is 3.10. The molecule has 1 aromatic rings. The van der Waals surface area contributed by atoms with Gasteiger partial charge >= 0.3 is 0 Å². The Labute approximate surface area is 121 Å². The first-order valence-corrected chi connectivity index (χ1v) is 7.88. The summed E-state index contributed by atoms with van der Waals surface area (Å²) >= 11 is 0. The molecule has 0 radical (unpaired) electrons. The van der Waals surface area contributed by atoms with Gasteiger partial charge in [0.2, 0.25) is 5.91 Å². The van der Waals surface area contributed by atoms with Crippen molar-refractivity contribution in [3.8, 4) is 0 Å². The molecule has 1 amide bonds. The summed E-state index contributed by atoms with van der Waals surface area (Å²) in [5, 5.41) is 0. The van der Waals surface area contributed by atoms with Gasteiger partial charge in [0.1, 0.15) is 0 Å². The van der Waals surface area contributed by atoms with E-state index in [2.05, 4.69) is 40.1 Å². The highest BCUT2D eigenvalue weighted by Gasteiger charge is 2.30. The van der Waals surface area contributed by atoms with Gasteiger partial charge in [-0.3, -0.25) is 9.69 Å². The lowest BCUT2D eigenvalue weighted by Crippen LogP contribution is -2.41. The first-order valence-electron chi connectivity index (χ1n) is 7.88. The summed E-state index contributed by atoms with van der Waals surface area (Å²) in [5.74, 6) is 0.758. The van der Waals surface area contributed by atoms with E-state index < -0.39 is 0 Å². The highest BCUT2D eigenvalue weighted by atomic mass is 16.2. The number of benzene rings is 1. The molecule has 3 heteroatoms. The molecule has 2 fully saturated rings. The van der Waals surface area contributed by atoms with Gasteiger partial charge in [0, 0.05) is 38.6 Å². The number of hydrogen-bond acceptors (Lipinski definition) is 2. The summed E-state index contributed by atoms with van der Waals surface area (Å²) in [6.07, 6.45) is 4.57. The molecule has 108 valence electrons. The number of carbonyl (C=O) groups is 1. The minimum absolute atomic E-state index is 0.343. The summed E-state index contributed by atoms with van der Waals surface area (Å²) in [6.45, 7) is 4.96. The molecule has 1 saturated heterocycles. The van der Waals surface area contributed by atoms with Crippen LogP contribution in [0.15, 0.2) is 30.3 Å². The van der Waals surface area contributed by atoms with Gasteiger partial charge < -0.3 is 4.90 Å². The van der Waals surface area contributed by atoms with Crippen LogP contribution in [-0.2, 0) is 11.3 Å². The van der Waals surface area contributed by atoms with Gasteiger partial charge in [-0.1, -0.05) is 36.8 Å². The van der Waals surface area contributed by atoms with E-state index >= 15 is 0 Å². The Kier molecular flexibility index (Phi) is 4.36. The maximum Gasteiger partial charge on any atom is 0.225 e. The van der Waals surface area contributed by atoms with Crippen molar-refractivity contribution in [2.45, 2.75) is 32.2 Å². The summed E-state index contributed by atoms with van der Waals surface area (Å²) in [7, 11) is 0. The van der Waals surface area contributed by atoms with Crippen LogP contribution in [0, 0.1) is 5.92 Å². The van der Waals surface area contributed by atoms with Crippen LogP contribution in [0.4, 0.5) is 0 Å². The van der Waals surface area contributed by atoms with E-state index in [1.165, 1.54) is 12.0 Å². The zero-order chi connectivity index (χ0) is 13.8. The second kappa shape index (κ2) is 6.40. The molecule has 1 aliphatic heterocycles. The molecule has 0 spiro atoms. The highest BCUT2D eigenvalue weighted by Crippen LogP contribution is 2.28. The van der Waals surface area contributed by atoms with Crippen molar-refractivity contribution in [2.75, 3.05) is 26.2 Å². The number of nitrogens with zero attached hydrogens (tertiary/aromatic N) is 2. The third-order valence-electron chi connectivity index (χ3n) is 4.60. The third kappa shape index (κ3) is 3.21. The Balaban J connectivity index is 1.52. The van der Waals surface area contributed by atoms with Crippen LogP contribution in [0.5, 0.6) is 0 Å². The van der Waals surface area contributed by atoms with Crippen molar-refractivity contribution >= 4 is 5.91 Å². The maximum absolute atomic E-state index is 12.3. The van der Waals surface area contributed by atoms with Crippen molar-refractivity contribution in [2.24, 2.45) is 5.92 Å². The van der Waals surface area contributed by atoms with Gasteiger partial charge in [-0.2, -0.15) is 0 Å². The second-order valence-corrected chi connectivity index (χ2v) is 6.07. The highest BCUT2D eigenvalue weighted by molar-refractivity contribution is 5.79. The molecule has 1 aliphatic carbocycles. The fraction of sp³-hybridized carbons (Fsp3) is 0.588. The number of rotatable bonds is 3. The molecule has 3 rings (SSSR count). The van der Waals surface area contributed by atoms with Crippen LogP contribution in [0.1, 0.15) is 31.2 Å². The van der Waals surface area contributed by atoms with E-state index in [9.17, 15) is 4.79 Å². The summed E-state index contributed by atoms with van der Waals surface area (Å²) < 4.78 is 0. The summed E-state index contributed by atoms with van der Waals surface area (Å²) in [6, 6.07) is 10.6. The monoisotopic (exact) mass is 272 g/mol. The van der Waals surface area contributed by atoms with Crippen molar-refractivity contribution in [3.63, 3.8) is 0 Å². The van der Waals surface area contributed by atoms with Gasteiger partial charge in [0.05, 0.1) is 0 Å². The normalized spacial score (nSPS) is 21.3. The second-order valence-electron chi connectivity index (χ2n) is 6.07. The van der Waals surface area contributed by atoms with Crippen LogP contribution in [0.3, 0.4) is 0 Å². The molecule has 2 aliphatic rings. The molecular weight excluding hydrogens is 248 g/mol. The van der Waals surface area contributed by atoms with Crippen molar-refractivity contribution in [1.82, 2.24) is 9.80 Å². The number of carbonyl (C=O) groups excluding carboxylic acids is 1. The van der Waals surface area contributed by atoms with E-state index in [0.29, 0.717) is 11.8 Å². The molecule has 1 saturated carbocycles. The quantitative estimate of drug-likeness (QED) is 0.844. The Morgan fingerprint density at radius 3 is 2.50 bits per heavy atom. The Bertz CT molecular complexity index is 442. The molecule has 3 nitrogen and oxygen atoms in total. The number of amides is 1. The van der Waals surface area contributed by atoms with E-state index in [1.54, 1.807) is 0 Å². The molecule has 0 aromatic heterocycles. The van der Waals surface area contributed by atoms with Crippen molar-refractivity contribution < 1.29 is 4.79 Å². The lowest BCUT2D eigenvalue weighted by atomic mass is 9.84. The molecular formula is C17H24N2O. The van der Waals surface area contributed by atoms with Gasteiger partial charge in [0.25, 0.3) is 0 Å². The SMILES string of the molecule is O=C(C1CCC1)N1CCCN(Cc2ccccc2)CC1. The van der Waals surface area contributed by atoms with Crippen LogP contribution < -0.4 is 0 Å². The maximum atomic E-state index is 12.3. The Morgan fingerprint density at radius 1 is 1.00 bits per heavy atom. The zero-order valence-corrected chi connectivity index (χ0v) is 12.1. The zero-order valence-electron chi connectivity index (χ0n) is 12.1. The molecule has 0 N–H and O–H groups in total. The fourth-order valence-electron chi connectivity index (χ4n) is 3.10. The van der Waals surface area contributed by atoms with Gasteiger partial charge in [-0.15, -0.1) is 0 Å². The largest absolute Gasteiger partial charge is 0.341 e. The molecule has 1 aromatic carbocycles. The van der Waals surface area contributed by atoms with Crippen LogP contribution in [-0.4, -0.2) is 41.9 Å². The number of hydrogen-bond donors (Lipinski definition) is 0. The lowest BCUT2D eigenvalue weighted by Gasteiger charge is -2.31. The predicted molar refractivity (Wildman–Crippen MR) is 80.3 cm³/mol. The van der Waals surface area contributed by atoms with E-state index in [1.807, 2.05) is 0 Å². The molecule has 0 bridgehead atoms. The van der Waals surface area contributed by atoms with Crippen LogP contribution in [0.2, 0.25) is 0 Å². The average Bonchev–Trinajstić information content (AvgIpc) is 2.63. The lowest BCUT2D eigenvalue weighted by molar-refractivity contribution is -0.138. The van der Waals surface area contributed by atoms with Gasteiger partial charge in [-0.25, -0.2) is 0 Å². The van der Waals surface area contributed by atoms with E-state index in [4.69, 9.17) is 0 Å². The smallest absolute Gasteiger partial charge is 0.225 e. The first kappa shape index (κ1) is 13.6. The van der Waals surface area contributed by atoms with Crippen molar-refractivity contribution in [3.05, 3.63) is 35.9 Å². The first-order chi connectivity index (χ1) is 9.83. The third-order valence-corrected chi connectivity index (χ3v) is 4.60. The van der Waals surface area contributed by atoms with Gasteiger partial charge in [0.15, 0.2) is 0 Å². The van der Waals surface area contributed by atoms with Crippen LogP contribution >= 0.6 is 0 Å². The minimum Gasteiger partial charge on any atom is -0.341 e. The van der Waals surface area contributed by atoms with Crippen molar-refractivity contribution in [1.29, 1.82) is 0 Å². The van der Waals surface area contributed by atoms with Gasteiger partial charge in [-0.05, 0) is 24.8 Å². The molecule has 0 atom stereocenters. The van der Waals surface area contributed by atoms with E-state index in [-0.39, 0.29) is 0 Å². The average molecular weight is 272 g/mol. The topological polar surface area (TPSA) is 23.6 Å². The minimum atomic E-state index is 0.343. The predicted octanol–water partition coefficient (Wildman–Crippen LogP) is 2.52. The Morgan fingerprint density at radius 2 is 1.80 bits per heavy atom. The van der Waals surface area contributed by atoms with Crippen LogP contribution in [0.25, 0.3) is 0 Å². The molecule has 1 heterocycles. The molecule has 0 unspecified atom stereocenters. The van der Waals surface area contributed by atoms with E-state index in [0.717, 1.165) is 52.0 Å². The standard InChI is InChI=1S/C17H24N2O/c20-17(16-8-4-9-16)19-11-5-10-18(12-13-19)14-15-6-2-1-3-7-15/h1-3,6-7,16H,4-5,8-14H2. The Hall–Kier alpha value is -1.35. The summed E-state index contributed by atoms with van der Waals surface area (Å²) in [5.41, 5.74) is 1.37. The molecule has 20 heavy (non-hydrogen) atoms.